The number of aromatic nitrogens is 1. The van der Waals surface area contributed by atoms with E-state index in [1.807, 2.05) is 12.1 Å². The van der Waals surface area contributed by atoms with Gasteiger partial charge in [0, 0.05) is 31.2 Å². The van der Waals surface area contributed by atoms with Crippen LogP contribution >= 0.6 is 0 Å². The fraction of sp³-hybridized carbons (Fsp3) is 0.375. The lowest BCUT2D eigenvalue weighted by atomic mass is 10.0. The Balaban J connectivity index is 1.77. The number of carbonyl (C=O) groups excluding carboxylic acids is 1. The number of rotatable bonds is 3. The van der Waals surface area contributed by atoms with Crippen LogP contribution in [-0.2, 0) is 16.1 Å². The molecular formula is C16H19N3O2. The van der Waals surface area contributed by atoms with Crippen LogP contribution < -0.4 is 5.73 Å². The summed E-state index contributed by atoms with van der Waals surface area (Å²) in [5.74, 6) is -0.407. The van der Waals surface area contributed by atoms with E-state index in [0.29, 0.717) is 13.2 Å². The first-order valence-corrected chi connectivity index (χ1v) is 7.07. The number of morpholine rings is 1. The Kier molecular flexibility index (Phi) is 3.61. The fourth-order valence-corrected chi connectivity index (χ4v) is 2.72. The fourth-order valence-electron chi connectivity index (χ4n) is 2.72. The van der Waals surface area contributed by atoms with Gasteiger partial charge in [0.15, 0.2) is 5.60 Å². The van der Waals surface area contributed by atoms with E-state index >= 15 is 0 Å². The lowest BCUT2D eigenvalue weighted by molar-refractivity contribution is -0.153. The van der Waals surface area contributed by atoms with Crippen LogP contribution in [0.5, 0.6) is 0 Å². The van der Waals surface area contributed by atoms with Crippen molar-refractivity contribution in [3.63, 3.8) is 0 Å². The Hall–Kier alpha value is -1.98. The van der Waals surface area contributed by atoms with Crippen molar-refractivity contribution < 1.29 is 9.53 Å². The molecule has 1 aromatic carbocycles. The van der Waals surface area contributed by atoms with Gasteiger partial charge in [-0.05, 0) is 30.7 Å². The third-order valence-electron chi connectivity index (χ3n) is 3.95. The summed E-state index contributed by atoms with van der Waals surface area (Å²) in [4.78, 5) is 18.0. The average Bonchev–Trinajstić information content (AvgIpc) is 2.47. The summed E-state index contributed by atoms with van der Waals surface area (Å²) in [5.41, 5.74) is 6.73. The van der Waals surface area contributed by atoms with Crippen molar-refractivity contribution in [2.24, 2.45) is 5.73 Å². The first-order valence-electron chi connectivity index (χ1n) is 7.07. The molecular weight excluding hydrogens is 266 g/mol. The maximum absolute atomic E-state index is 11.5. The highest BCUT2D eigenvalue weighted by atomic mass is 16.5. The number of hydrogen-bond acceptors (Lipinski definition) is 4. The quantitative estimate of drug-likeness (QED) is 0.923. The van der Waals surface area contributed by atoms with Crippen molar-refractivity contribution in [3.8, 4) is 0 Å². The lowest BCUT2D eigenvalue weighted by Gasteiger charge is -2.38. The number of nitrogens with zero attached hydrogens (tertiary/aromatic N) is 2. The molecule has 5 heteroatoms. The number of fused-ring (bicyclic) bond motifs is 1. The van der Waals surface area contributed by atoms with E-state index in [9.17, 15) is 4.79 Å². The van der Waals surface area contributed by atoms with Gasteiger partial charge in [0.25, 0.3) is 5.91 Å². The van der Waals surface area contributed by atoms with Gasteiger partial charge in [-0.15, -0.1) is 0 Å². The smallest absolute Gasteiger partial charge is 0.250 e. The van der Waals surface area contributed by atoms with E-state index in [1.165, 1.54) is 5.56 Å². The monoisotopic (exact) mass is 285 g/mol. The number of hydrogen-bond donors (Lipinski definition) is 1. The normalized spacial score (nSPS) is 23.3. The maximum Gasteiger partial charge on any atom is 0.250 e. The van der Waals surface area contributed by atoms with E-state index in [-0.39, 0.29) is 0 Å². The summed E-state index contributed by atoms with van der Waals surface area (Å²) >= 11 is 0. The molecule has 1 saturated heterocycles. The summed E-state index contributed by atoms with van der Waals surface area (Å²) in [7, 11) is 0. The number of pyridine rings is 1. The number of benzene rings is 1. The minimum atomic E-state index is -0.892. The highest BCUT2D eigenvalue weighted by Crippen LogP contribution is 2.20. The number of nitrogens with two attached hydrogens (primary N) is 1. The summed E-state index contributed by atoms with van der Waals surface area (Å²) in [6.45, 7) is 4.37. The average molecular weight is 285 g/mol. The van der Waals surface area contributed by atoms with E-state index < -0.39 is 11.5 Å². The molecule has 0 bridgehead atoms. The zero-order valence-corrected chi connectivity index (χ0v) is 12.1. The van der Waals surface area contributed by atoms with Gasteiger partial charge in [-0.25, -0.2) is 0 Å². The topological polar surface area (TPSA) is 68.5 Å². The number of ether oxygens (including phenoxy) is 1. The van der Waals surface area contributed by atoms with Gasteiger partial charge in [0.1, 0.15) is 0 Å². The number of amides is 1. The van der Waals surface area contributed by atoms with Crippen LogP contribution in [0.3, 0.4) is 0 Å². The van der Waals surface area contributed by atoms with Crippen molar-refractivity contribution in [1.82, 2.24) is 9.88 Å². The van der Waals surface area contributed by atoms with Gasteiger partial charge in [0.2, 0.25) is 0 Å². The highest BCUT2D eigenvalue weighted by Gasteiger charge is 2.37. The first-order chi connectivity index (χ1) is 10.1. The van der Waals surface area contributed by atoms with Gasteiger partial charge in [-0.1, -0.05) is 12.1 Å². The van der Waals surface area contributed by atoms with Crippen molar-refractivity contribution in [3.05, 3.63) is 42.1 Å². The molecule has 2 aromatic rings. The molecule has 1 aliphatic heterocycles. The molecule has 0 aliphatic carbocycles. The largest absolute Gasteiger partial charge is 0.367 e. The van der Waals surface area contributed by atoms with Crippen molar-refractivity contribution in [1.29, 1.82) is 0 Å². The van der Waals surface area contributed by atoms with Gasteiger partial charge >= 0.3 is 0 Å². The molecule has 1 aromatic heterocycles. The standard InChI is InChI=1S/C16H19N3O2/c1-16(15(17)20)11-19(7-8-21-16)10-12-4-5-14-13(9-12)3-2-6-18-14/h2-6,9H,7-8,10-11H2,1H3,(H2,17,20)/t16-/m1/s1. The van der Waals surface area contributed by atoms with Gasteiger partial charge in [0.05, 0.1) is 12.1 Å². The predicted octanol–water partition coefficient (Wildman–Crippen LogP) is 1.31. The molecule has 5 nitrogen and oxygen atoms in total. The second kappa shape index (κ2) is 5.42. The van der Waals surface area contributed by atoms with Gasteiger partial charge in [-0.2, -0.15) is 0 Å². The van der Waals surface area contributed by atoms with Gasteiger partial charge < -0.3 is 10.5 Å². The van der Waals surface area contributed by atoms with E-state index in [1.54, 1.807) is 13.1 Å². The van der Waals surface area contributed by atoms with Crippen LogP contribution in [0, 0.1) is 0 Å². The third kappa shape index (κ3) is 2.89. The SMILES string of the molecule is C[C@]1(C(N)=O)CN(Cc2ccc3ncccc3c2)CCO1. The van der Waals surface area contributed by atoms with Crippen LogP contribution in [0.4, 0.5) is 0 Å². The first kappa shape index (κ1) is 14.0. The Morgan fingerprint density at radius 1 is 1.48 bits per heavy atom. The second-order valence-electron chi connectivity index (χ2n) is 5.68. The van der Waals surface area contributed by atoms with Crippen molar-refractivity contribution in [2.75, 3.05) is 19.7 Å². The minimum Gasteiger partial charge on any atom is -0.367 e. The number of carbonyl (C=O) groups is 1. The molecule has 2 N–H and O–H groups in total. The van der Waals surface area contributed by atoms with E-state index in [0.717, 1.165) is 24.0 Å². The third-order valence-corrected chi connectivity index (χ3v) is 3.95. The van der Waals surface area contributed by atoms with Gasteiger partial charge in [-0.3, -0.25) is 14.7 Å². The molecule has 0 radical (unpaired) electrons. The molecule has 3 rings (SSSR count). The summed E-state index contributed by atoms with van der Waals surface area (Å²) in [6, 6.07) is 10.2. The lowest BCUT2D eigenvalue weighted by Crippen LogP contribution is -2.56. The van der Waals surface area contributed by atoms with Crippen LogP contribution in [0.25, 0.3) is 10.9 Å². The molecule has 2 heterocycles. The summed E-state index contributed by atoms with van der Waals surface area (Å²) in [6.07, 6.45) is 1.79. The van der Waals surface area contributed by atoms with Crippen LogP contribution in [0.15, 0.2) is 36.5 Å². The second-order valence-corrected chi connectivity index (χ2v) is 5.68. The molecule has 1 amide bonds. The minimum absolute atomic E-state index is 0.407. The summed E-state index contributed by atoms with van der Waals surface area (Å²) in [5, 5.41) is 1.13. The molecule has 21 heavy (non-hydrogen) atoms. The Morgan fingerprint density at radius 3 is 3.14 bits per heavy atom. The van der Waals surface area contributed by atoms with Crippen molar-refractivity contribution >= 4 is 16.8 Å². The molecule has 1 aliphatic rings. The summed E-state index contributed by atoms with van der Waals surface area (Å²) < 4.78 is 5.54. The molecule has 1 fully saturated rings. The number of primary amides is 1. The zero-order chi connectivity index (χ0) is 14.9. The zero-order valence-electron chi connectivity index (χ0n) is 12.1. The Labute approximate surface area is 123 Å². The van der Waals surface area contributed by atoms with Crippen LogP contribution in [0.2, 0.25) is 0 Å². The van der Waals surface area contributed by atoms with Crippen LogP contribution in [-0.4, -0.2) is 41.1 Å². The Bertz CT molecular complexity index is 673. The molecule has 0 unspecified atom stereocenters. The Morgan fingerprint density at radius 2 is 2.33 bits per heavy atom. The maximum atomic E-state index is 11.5. The molecule has 0 saturated carbocycles. The van der Waals surface area contributed by atoms with Crippen LogP contribution in [0.1, 0.15) is 12.5 Å². The molecule has 0 spiro atoms. The molecule has 110 valence electrons. The van der Waals surface area contributed by atoms with E-state index in [4.69, 9.17) is 10.5 Å². The highest BCUT2D eigenvalue weighted by molar-refractivity contribution is 5.83. The predicted molar refractivity (Wildman–Crippen MR) is 80.6 cm³/mol. The molecule has 1 atom stereocenters. The van der Waals surface area contributed by atoms with Crippen molar-refractivity contribution in [2.45, 2.75) is 19.1 Å². The van der Waals surface area contributed by atoms with E-state index in [2.05, 4.69) is 28.1 Å².